The Morgan fingerprint density at radius 3 is 2.17 bits per heavy atom. The Kier molecular flexibility index (Phi) is 9.19. The highest BCUT2D eigenvalue weighted by atomic mass is 32.2. The molecule has 3 aromatic carbocycles. The third-order valence-corrected chi connectivity index (χ3v) is 7.47. The van der Waals surface area contributed by atoms with Crippen LogP contribution in [0, 0.1) is 6.92 Å². The molecule has 0 radical (unpaired) electrons. The molecule has 8 nitrogen and oxygen atoms in total. The lowest BCUT2D eigenvalue weighted by atomic mass is 10.1. The second kappa shape index (κ2) is 12.3. The number of nitrogens with one attached hydrogen (secondary N) is 1. The Labute approximate surface area is 212 Å². The normalized spacial score (nSPS) is 11.0. The van der Waals surface area contributed by atoms with Crippen LogP contribution in [-0.4, -0.2) is 48.7 Å². The number of ether oxygens (including phenoxy) is 3. The van der Waals surface area contributed by atoms with Crippen LogP contribution in [0.1, 0.15) is 17.5 Å². The first-order chi connectivity index (χ1) is 17.3. The van der Waals surface area contributed by atoms with Crippen LogP contribution in [0.4, 0.5) is 5.69 Å². The van der Waals surface area contributed by atoms with E-state index in [-0.39, 0.29) is 17.3 Å². The van der Waals surface area contributed by atoms with Crippen molar-refractivity contribution >= 4 is 21.6 Å². The highest BCUT2D eigenvalue weighted by Gasteiger charge is 2.27. The van der Waals surface area contributed by atoms with Crippen molar-refractivity contribution in [2.75, 3.05) is 38.7 Å². The maximum atomic E-state index is 13.5. The molecule has 0 spiro atoms. The fraction of sp³-hybridized carbons (Fsp3) is 0.296. The van der Waals surface area contributed by atoms with Gasteiger partial charge in [-0.25, -0.2) is 8.42 Å². The van der Waals surface area contributed by atoms with E-state index in [4.69, 9.17) is 14.2 Å². The van der Waals surface area contributed by atoms with Crippen LogP contribution in [0.3, 0.4) is 0 Å². The van der Waals surface area contributed by atoms with E-state index >= 15 is 0 Å². The number of nitrogens with zero attached hydrogens (tertiary/aromatic N) is 1. The van der Waals surface area contributed by atoms with E-state index in [1.54, 1.807) is 63.6 Å². The Morgan fingerprint density at radius 2 is 1.53 bits per heavy atom. The van der Waals surface area contributed by atoms with Crippen LogP contribution >= 0.6 is 0 Å². The molecule has 3 rings (SSSR count). The number of amides is 1. The summed E-state index contributed by atoms with van der Waals surface area (Å²) in [5.41, 5.74) is 2.14. The van der Waals surface area contributed by atoms with Crippen molar-refractivity contribution in [2.24, 2.45) is 0 Å². The molecule has 0 bridgehead atoms. The summed E-state index contributed by atoms with van der Waals surface area (Å²) in [7, 11) is 0.707. The summed E-state index contributed by atoms with van der Waals surface area (Å²) in [5, 5.41) is 2.84. The quantitative estimate of drug-likeness (QED) is 0.369. The van der Waals surface area contributed by atoms with E-state index in [9.17, 15) is 13.2 Å². The number of carbonyl (C=O) groups excluding carboxylic acids is 1. The zero-order valence-corrected chi connectivity index (χ0v) is 21.8. The number of para-hydroxylation sites is 1. The molecule has 0 fully saturated rings. The number of hydrogen-bond acceptors (Lipinski definition) is 6. The van der Waals surface area contributed by atoms with E-state index in [2.05, 4.69) is 5.32 Å². The summed E-state index contributed by atoms with van der Waals surface area (Å²) in [4.78, 5) is 12.9. The van der Waals surface area contributed by atoms with Crippen molar-refractivity contribution < 1.29 is 27.4 Å². The lowest BCUT2D eigenvalue weighted by molar-refractivity contribution is -0.119. The van der Waals surface area contributed by atoms with Crippen molar-refractivity contribution in [2.45, 2.75) is 24.7 Å². The maximum absolute atomic E-state index is 13.5. The zero-order valence-electron chi connectivity index (χ0n) is 21.0. The molecule has 9 heteroatoms. The Hall–Kier alpha value is -3.72. The Balaban J connectivity index is 1.68. The molecule has 0 aliphatic rings. The molecule has 0 unspecified atom stereocenters. The van der Waals surface area contributed by atoms with E-state index in [0.717, 1.165) is 9.87 Å². The largest absolute Gasteiger partial charge is 0.496 e. The monoisotopic (exact) mass is 512 g/mol. The molecule has 0 saturated carbocycles. The van der Waals surface area contributed by atoms with E-state index in [0.29, 0.717) is 47.9 Å². The third-order valence-electron chi connectivity index (χ3n) is 5.70. The predicted octanol–water partition coefficient (Wildman–Crippen LogP) is 3.97. The van der Waals surface area contributed by atoms with Crippen LogP contribution in [0.15, 0.2) is 71.6 Å². The maximum Gasteiger partial charge on any atom is 0.264 e. The van der Waals surface area contributed by atoms with Gasteiger partial charge in [-0.15, -0.1) is 0 Å². The van der Waals surface area contributed by atoms with E-state index in [1.807, 2.05) is 18.2 Å². The molecule has 3 aromatic rings. The molecule has 0 aromatic heterocycles. The number of anilines is 1. The Bertz CT molecular complexity index is 1280. The van der Waals surface area contributed by atoms with Crippen LogP contribution in [-0.2, 0) is 21.2 Å². The highest BCUT2D eigenvalue weighted by Crippen LogP contribution is 2.28. The molecule has 1 N–H and O–H groups in total. The van der Waals surface area contributed by atoms with Gasteiger partial charge in [0, 0.05) is 6.54 Å². The molecular formula is C27H32N2O6S. The van der Waals surface area contributed by atoms with Crippen LogP contribution in [0.25, 0.3) is 0 Å². The minimum absolute atomic E-state index is 0.0888. The lowest BCUT2D eigenvalue weighted by Gasteiger charge is -2.24. The molecule has 0 heterocycles. The predicted molar refractivity (Wildman–Crippen MR) is 140 cm³/mol. The van der Waals surface area contributed by atoms with Crippen LogP contribution in [0.2, 0.25) is 0 Å². The zero-order chi connectivity index (χ0) is 26.1. The number of sulfonamides is 1. The second-order valence-corrected chi connectivity index (χ2v) is 9.98. The van der Waals surface area contributed by atoms with Gasteiger partial charge in [0.2, 0.25) is 5.91 Å². The molecule has 36 heavy (non-hydrogen) atoms. The average Bonchev–Trinajstić information content (AvgIpc) is 2.89. The fourth-order valence-corrected chi connectivity index (χ4v) is 5.30. The molecular weight excluding hydrogens is 480 g/mol. The SMILES string of the molecule is COc1ccc(S(=O)(=O)N(CC(=O)NCCCc2ccc(OC)c(OC)c2)c2ccccc2)cc1C. The van der Waals surface area contributed by atoms with Gasteiger partial charge in [0.15, 0.2) is 11.5 Å². The standard InChI is InChI=1S/C27H32N2O6S/c1-20-17-23(13-15-24(20)33-2)36(31,32)29(22-10-6-5-7-11-22)19-27(30)28-16-8-9-21-12-14-25(34-3)26(18-21)35-4/h5-7,10-15,17-18H,8-9,16,19H2,1-4H3,(H,28,30). The first-order valence-corrected chi connectivity index (χ1v) is 12.9. The van der Waals surface area contributed by atoms with Crippen LogP contribution < -0.4 is 23.8 Å². The van der Waals surface area contributed by atoms with Crippen molar-refractivity contribution in [1.82, 2.24) is 5.32 Å². The first kappa shape index (κ1) is 26.9. The number of benzene rings is 3. The number of carbonyl (C=O) groups is 1. The van der Waals surface area contributed by atoms with Crippen molar-refractivity contribution in [3.8, 4) is 17.2 Å². The van der Waals surface area contributed by atoms with Gasteiger partial charge in [0.05, 0.1) is 31.9 Å². The summed E-state index contributed by atoms with van der Waals surface area (Å²) >= 11 is 0. The van der Waals surface area contributed by atoms with Gasteiger partial charge in [-0.3, -0.25) is 9.10 Å². The van der Waals surface area contributed by atoms with Gasteiger partial charge in [-0.05, 0) is 73.4 Å². The molecule has 0 atom stereocenters. The second-order valence-electron chi connectivity index (χ2n) is 8.12. The number of aryl methyl sites for hydroxylation is 2. The minimum atomic E-state index is -3.99. The Morgan fingerprint density at radius 1 is 0.861 bits per heavy atom. The fourth-order valence-electron chi connectivity index (χ4n) is 3.79. The number of hydrogen-bond donors (Lipinski definition) is 1. The van der Waals surface area contributed by atoms with Gasteiger partial charge in [0.1, 0.15) is 12.3 Å². The van der Waals surface area contributed by atoms with Crippen molar-refractivity contribution in [3.05, 3.63) is 77.9 Å². The molecule has 0 aliphatic carbocycles. The third kappa shape index (κ3) is 6.48. The van der Waals surface area contributed by atoms with E-state index in [1.165, 1.54) is 13.2 Å². The number of rotatable bonds is 12. The van der Waals surface area contributed by atoms with Crippen LogP contribution in [0.5, 0.6) is 17.2 Å². The summed E-state index contributed by atoms with van der Waals surface area (Å²) < 4.78 is 44.0. The van der Waals surface area contributed by atoms with Gasteiger partial charge >= 0.3 is 0 Å². The summed E-state index contributed by atoms with van der Waals surface area (Å²) in [6.07, 6.45) is 1.39. The summed E-state index contributed by atoms with van der Waals surface area (Å²) in [6, 6.07) is 18.9. The minimum Gasteiger partial charge on any atom is -0.496 e. The molecule has 1 amide bonds. The first-order valence-electron chi connectivity index (χ1n) is 11.5. The lowest BCUT2D eigenvalue weighted by Crippen LogP contribution is -2.41. The summed E-state index contributed by atoms with van der Waals surface area (Å²) in [5.74, 6) is 1.51. The number of methoxy groups -OCH3 is 3. The van der Waals surface area contributed by atoms with Gasteiger partial charge in [0.25, 0.3) is 10.0 Å². The van der Waals surface area contributed by atoms with Crippen molar-refractivity contribution in [1.29, 1.82) is 0 Å². The average molecular weight is 513 g/mol. The topological polar surface area (TPSA) is 94.2 Å². The van der Waals surface area contributed by atoms with Gasteiger partial charge in [-0.2, -0.15) is 0 Å². The smallest absolute Gasteiger partial charge is 0.264 e. The highest BCUT2D eigenvalue weighted by molar-refractivity contribution is 7.92. The molecule has 0 aliphatic heterocycles. The molecule has 0 saturated heterocycles. The van der Waals surface area contributed by atoms with Crippen molar-refractivity contribution in [3.63, 3.8) is 0 Å². The summed E-state index contributed by atoms with van der Waals surface area (Å²) in [6.45, 7) is 1.83. The molecule has 192 valence electrons. The van der Waals surface area contributed by atoms with E-state index < -0.39 is 10.0 Å². The van der Waals surface area contributed by atoms with Gasteiger partial charge < -0.3 is 19.5 Å². The van der Waals surface area contributed by atoms with Gasteiger partial charge in [-0.1, -0.05) is 24.3 Å².